The van der Waals surface area contributed by atoms with E-state index in [9.17, 15) is 4.79 Å². The van der Waals surface area contributed by atoms with Gasteiger partial charge in [0.05, 0.1) is 0 Å². The lowest BCUT2D eigenvalue weighted by atomic mass is 9.77. The van der Waals surface area contributed by atoms with Gasteiger partial charge in [0, 0.05) is 12.3 Å². The van der Waals surface area contributed by atoms with Gasteiger partial charge in [0.1, 0.15) is 5.78 Å². The van der Waals surface area contributed by atoms with Gasteiger partial charge in [-0.2, -0.15) is 0 Å². The van der Waals surface area contributed by atoms with Gasteiger partial charge < -0.3 is 0 Å². The summed E-state index contributed by atoms with van der Waals surface area (Å²) >= 11 is 0. The van der Waals surface area contributed by atoms with Crippen molar-refractivity contribution in [3.63, 3.8) is 0 Å². The molecule has 0 radical (unpaired) electrons. The number of hydrogen-bond donors (Lipinski definition) is 0. The van der Waals surface area contributed by atoms with E-state index >= 15 is 0 Å². The Bertz CT molecular complexity index is 234. The molecule has 0 amide bonds. The average Bonchev–Trinajstić information content (AvgIpc) is 2.26. The Morgan fingerprint density at radius 2 is 1.88 bits per heavy atom. The van der Waals surface area contributed by atoms with Crippen LogP contribution in [0.2, 0.25) is 0 Å². The van der Waals surface area contributed by atoms with Crippen LogP contribution >= 0.6 is 0 Å². The third-order valence-corrected chi connectivity index (χ3v) is 3.74. The molecule has 1 saturated carbocycles. The van der Waals surface area contributed by atoms with E-state index < -0.39 is 0 Å². The fourth-order valence-electron chi connectivity index (χ4n) is 2.71. The normalized spacial score (nSPS) is 25.4. The smallest absolute Gasteiger partial charge is 0.139 e. The van der Waals surface area contributed by atoms with Crippen LogP contribution < -0.4 is 0 Å². The summed E-state index contributed by atoms with van der Waals surface area (Å²) in [4.78, 5) is 11.9. The highest BCUT2D eigenvalue weighted by atomic mass is 16.1. The van der Waals surface area contributed by atoms with E-state index in [2.05, 4.69) is 13.5 Å². The lowest BCUT2D eigenvalue weighted by Crippen LogP contribution is -2.21. The predicted molar refractivity (Wildman–Crippen MR) is 69.4 cm³/mol. The predicted octanol–water partition coefficient (Wildman–Crippen LogP) is 4.52. The van der Waals surface area contributed by atoms with Crippen LogP contribution in [-0.4, -0.2) is 5.78 Å². The quantitative estimate of drug-likeness (QED) is 0.604. The van der Waals surface area contributed by atoms with Crippen molar-refractivity contribution in [1.29, 1.82) is 0 Å². The fraction of sp³-hybridized carbons (Fsp3) is 0.800. The highest BCUT2D eigenvalue weighted by Crippen LogP contribution is 2.33. The number of hydrogen-bond acceptors (Lipinski definition) is 1. The highest BCUT2D eigenvalue weighted by Gasteiger charge is 2.25. The number of allylic oxidation sites excluding steroid dienone is 1. The SMILES string of the molecule is C=C(C)CC(=O)C1CCC(CCCC)CC1. The van der Waals surface area contributed by atoms with Gasteiger partial charge >= 0.3 is 0 Å². The molecule has 0 bridgehead atoms. The number of rotatable bonds is 6. The molecule has 0 saturated heterocycles. The first-order valence-electron chi connectivity index (χ1n) is 6.80. The van der Waals surface area contributed by atoms with Crippen LogP contribution in [-0.2, 0) is 4.79 Å². The third kappa shape index (κ3) is 4.51. The monoisotopic (exact) mass is 222 g/mol. The molecule has 0 spiro atoms. The molecular formula is C15H26O. The van der Waals surface area contributed by atoms with E-state index in [1.54, 1.807) is 0 Å². The van der Waals surface area contributed by atoms with Gasteiger partial charge in [0.2, 0.25) is 0 Å². The van der Waals surface area contributed by atoms with Gasteiger partial charge in [-0.1, -0.05) is 38.3 Å². The topological polar surface area (TPSA) is 17.1 Å². The summed E-state index contributed by atoms with van der Waals surface area (Å²) in [6.45, 7) is 8.03. The summed E-state index contributed by atoms with van der Waals surface area (Å²) in [7, 11) is 0. The zero-order chi connectivity index (χ0) is 12.0. The maximum absolute atomic E-state index is 11.9. The Morgan fingerprint density at radius 1 is 1.25 bits per heavy atom. The van der Waals surface area contributed by atoms with Crippen molar-refractivity contribution in [2.24, 2.45) is 11.8 Å². The van der Waals surface area contributed by atoms with E-state index in [0.717, 1.165) is 24.3 Å². The van der Waals surface area contributed by atoms with E-state index in [-0.39, 0.29) is 0 Å². The minimum atomic E-state index is 0.342. The second-order valence-corrected chi connectivity index (χ2v) is 5.46. The summed E-state index contributed by atoms with van der Waals surface area (Å²) < 4.78 is 0. The molecule has 1 fully saturated rings. The highest BCUT2D eigenvalue weighted by molar-refractivity contribution is 5.83. The minimum absolute atomic E-state index is 0.342. The first kappa shape index (κ1) is 13.5. The summed E-state index contributed by atoms with van der Waals surface area (Å²) in [5, 5.41) is 0. The van der Waals surface area contributed by atoms with Crippen molar-refractivity contribution < 1.29 is 4.79 Å². The third-order valence-electron chi connectivity index (χ3n) is 3.74. The lowest BCUT2D eigenvalue weighted by Gasteiger charge is -2.27. The first-order valence-corrected chi connectivity index (χ1v) is 6.80. The standard InChI is InChI=1S/C15H26O/c1-4-5-6-13-7-9-14(10-8-13)15(16)11-12(2)3/h13-14H,2,4-11H2,1,3H3. The maximum atomic E-state index is 11.9. The van der Waals surface area contributed by atoms with Crippen LogP contribution in [0.1, 0.15) is 65.2 Å². The van der Waals surface area contributed by atoms with Crippen molar-refractivity contribution in [1.82, 2.24) is 0 Å². The molecule has 1 heteroatoms. The molecule has 1 rings (SSSR count). The Morgan fingerprint density at radius 3 is 2.38 bits per heavy atom. The van der Waals surface area contributed by atoms with E-state index in [0.29, 0.717) is 18.1 Å². The fourth-order valence-corrected chi connectivity index (χ4v) is 2.71. The summed E-state index contributed by atoms with van der Waals surface area (Å²) in [6.07, 6.45) is 9.42. The van der Waals surface area contributed by atoms with E-state index in [1.807, 2.05) is 6.92 Å². The Kier molecular flexibility index (Phi) is 5.79. The number of ketones is 1. The van der Waals surface area contributed by atoms with Gasteiger partial charge in [0.25, 0.3) is 0 Å². The summed E-state index contributed by atoms with van der Waals surface area (Å²) in [5.74, 6) is 1.67. The molecule has 16 heavy (non-hydrogen) atoms. The molecule has 0 heterocycles. The summed E-state index contributed by atoms with van der Waals surface area (Å²) in [6, 6.07) is 0. The van der Waals surface area contributed by atoms with Gasteiger partial charge in [-0.3, -0.25) is 4.79 Å². The van der Waals surface area contributed by atoms with Crippen LogP contribution in [0.4, 0.5) is 0 Å². The molecule has 0 unspecified atom stereocenters. The van der Waals surface area contributed by atoms with Crippen LogP contribution in [0.25, 0.3) is 0 Å². The maximum Gasteiger partial charge on any atom is 0.139 e. The molecule has 1 aliphatic carbocycles. The molecule has 0 aromatic rings. The minimum Gasteiger partial charge on any atom is -0.299 e. The summed E-state index contributed by atoms with van der Waals surface area (Å²) in [5.41, 5.74) is 1.01. The zero-order valence-corrected chi connectivity index (χ0v) is 10.9. The molecule has 1 aliphatic rings. The lowest BCUT2D eigenvalue weighted by molar-refractivity contribution is -0.123. The molecule has 1 nitrogen and oxygen atoms in total. The second-order valence-electron chi connectivity index (χ2n) is 5.46. The number of unbranched alkanes of at least 4 members (excludes halogenated alkanes) is 1. The zero-order valence-electron chi connectivity index (χ0n) is 10.9. The van der Waals surface area contributed by atoms with Crippen LogP contribution in [0, 0.1) is 11.8 Å². The Labute approximate surface area is 100 Å². The Hall–Kier alpha value is -0.590. The second kappa shape index (κ2) is 6.88. The molecule has 0 aromatic heterocycles. The van der Waals surface area contributed by atoms with Gasteiger partial charge in [0.15, 0.2) is 0 Å². The number of carbonyl (C=O) groups excluding carboxylic acids is 1. The van der Waals surface area contributed by atoms with Gasteiger partial charge in [-0.05, 0) is 38.5 Å². The van der Waals surface area contributed by atoms with Gasteiger partial charge in [-0.15, -0.1) is 0 Å². The van der Waals surface area contributed by atoms with Crippen molar-refractivity contribution >= 4 is 5.78 Å². The molecule has 0 N–H and O–H groups in total. The van der Waals surface area contributed by atoms with E-state index in [4.69, 9.17) is 0 Å². The Balaban J connectivity index is 2.26. The van der Waals surface area contributed by atoms with Gasteiger partial charge in [-0.25, -0.2) is 0 Å². The first-order chi connectivity index (χ1) is 7.63. The van der Waals surface area contributed by atoms with Crippen molar-refractivity contribution in [2.45, 2.75) is 65.2 Å². The largest absolute Gasteiger partial charge is 0.299 e. The average molecular weight is 222 g/mol. The van der Waals surface area contributed by atoms with Crippen LogP contribution in [0.5, 0.6) is 0 Å². The number of carbonyl (C=O) groups is 1. The van der Waals surface area contributed by atoms with Crippen molar-refractivity contribution in [3.05, 3.63) is 12.2 Å². The molecule has 0 atom stereocenters. The van der Waals surface area contributed by atoms with Crippen molar-refractivity contribution in [2.75, 3.05) is 0 Å². The van der Waals surface area contributed by atoms with Crippen LogP contribution in [0.3, 0.4) is 0 Å². The van der Waals surface area contributed by atoms with E-state index in [1.165, 1.54) is 32.1 Å². The molecule has 92 valence electrons. The van der Waals surface area contributed by atoms with Crippen LogP contribution in [0.15, 0.2) is 12.2 Å². The molecule has 0 aromatic carbocycles. The number of Topliss-reactive ketones (excluding diaryl/α,β-unsaturated/α-hetero) is 1. The van der Waals surface area contributed by atoms with Crippen molar-refractivity contribution in [3.8, 4) is 0 Å². The molecule has 0 aliphatic heterocycles. The molecular weight excluding hydrogens is 196 g/mol.